The molecule has 1 saturated heterocycles. The van der Waals surface area contributed by atoms with Gasteiger partial charge >= 0.3 is 5.97 Å². The average molecular weight is 289 g/mol. The number of hydrogen-bond acceptors (Lipinski definition) is 5. The number of likely N-dealkylation sites (tertiary alicyclic amines) is 1. The van der Waals surface area contributed by atoms with E-state index in [9.17, 15) is 9.90 Å². The zero-order chi connectivity index (χ0) is 13.9. The molecular formula is C14H15N3O2S. The largest absolute Gasteiger partial charge is 0.477 e. The van der Waals surface area contributed by atoms with E-state index >= 15 is 0 Å². The molecule has 20 heavy (non-hydrogen) atoms. The number of carboxylic acid groups (broad SMARTS) is 1. The summed E-state index contributed by atoms with van der Waals surface area (Å²) < 4.78 is 0. The first-order chi connectivity index (χ1) is 9.74. The van der Waals surface area contributed by atoms with Crippen molar-refractivity contribution in [1.29, 1.82) is 0 Å². The monoisotopic (exact) mass is 289 g/mol. The van der Waals surface area contributed by atoms with Gasteiger partial charge in [0.1, 0.15) is 9.88 Å². The van der Waals surface area contributed by atoms with Crippen LogP contribution in [0.2, 0.25) is 0 Å². The molecule has 0 aliphatic carbocycles. The smallest absolute Gasteiger partial charge is 0.348 e. The van der Waals surface area contributed by atoms with Crippen LogP contribution in [-0.4, -0.2) is 39.0 Å². The minimum absolute atomic E-state index is 0.298. The van der Waals surface area contributed by atoms with E-state index in [4.69, 9.17) is 0 Å². The molecule has 1 aliphatic heterocycles. The van der Waals surface area contributed by atoms with E-state index in [1.54, 1.807) is 18.5 Å². The summed E-state index contributed by atoms with van der Waals surface area (Å²) in [6.07, 6.45) is 5.75. The van der Waals surface area contributed by atoms with Crippen LogP contribution in [0.4, 0.5) is 0 Å². The number of carbonyl (C=O) groups is 1. The molecule has 0 amide bonds. The fourth-order valence-corrected chi connectivity index (χ4v) is 3.37. The van der Waals surface area contributed by atoms with Crippen LogP contribution in [0.5, 0.6) is 0 Å². The van der Waals surface area contributed by atoms with Crippen molar-refractivity contribution in [2.24, 2.45) is 0 Å². The third kappa shape index (κ3) is 2.71. The summed E-state index contributed by atoms with van der Waals surface area (Å²) in [6.45, 7) is 2.89. The standard InChI is InChI=1S/C14H15N3O2S/c18-14(19)13-12(10-4-3-5-15-8-10)16-11(20-13)9-17-6-1-2-7-17/h3-5,8H,1-2,6-7,9H2,(H,18,19). The summed E-state index contributed by atoms with van der Waals surface area (Å²) in [7, 11) is 0. The van der Waals surface area contributed by atoms with Crippen molar-refractivity contribution >= 4 is 17.3 Å². The highest BCUT2D eigenvalue weighted by atomic mass is 32.1. The van der Waals surface area contributed by atoms with E-state index in [1.807, 2.05) is 6.07 Å². The summed E-state index contributed by atoms with van der Waals surface area (Å²) in [4.78, 5) is 22.6. The van der Waals surface area contributed by atoms with E-state index < -0.39 is 5.97 Å². The van der Waals surface area contributed by atoms with Crippen LogP contribution in [0.25, 0.3) is 11.3 Å². The zero-order valence-electron chi connectivity index (χ0n) is 11.0. The molecule has 0 radical (unpaired) electrons. The highest BCUT2D eigenvalue weighted by Crippen LogP contribution is 2.29. The molecule has 2 aromatic heterocycles. The molecule has 104 valence electrons. The van der Waals surface area contributed by atoms with Gasteiger partial charge in [-0.1, -0.05) is 0 Å². The molecule has 0 saturated carbocycles. The lowest BCUT2D eigenvalue weighted by Gasteiger charge is -2.11. The fraction of sp³-hybridized carbons (Fsp3) is 0.357. The van der Waals surface area contributed by atoms with Gasteiger partial charge in [-0.15, -0.1) is 11.3 Å². The molecule has 3 rings (SSSR count). The van der Waals surface area contributed by atoms with Crippen molar-refractivity contribution < 1.29 is 9.90 Å². The summed E-state index contributed by atoms with van der Waals surface area (Å²) in [5.41, 5.74) is 1.29. The topological polar surface area (TPSA) is 66.3 Å². The SMILES string of the molecule is O=C(O)c1sc(CN2CCCC2)nc1-c1cccnc1. The molecule has 0 aromatic carbocycles. The Morgan fingerprint density at radius 2 is 2.20 bits per heavy atom. The summed E-state index contributed by atoms with van der Waals surface area (Å²) in [5.74, 6) is -0.922. The maximum absolute atomic E-state index is 11.4. The van der Waals surface area contributed by atoms with Crippen LogP contribution in [0.15, 0.2) is 24.5 Å². The first kappa shape index (κ1) is 13.2. The Hall–Kier alpha value is -1.79. The predicted octanol–water partition coefficient (Wildman–Crippen LogP) is 2.50. The average Bonchev–Trinajstić information content (AvgIpc) is 3.10. The number of pyridine rings is 1. The second kappa shape index (κ2) is 5.68. The highest BCUT2D eigenvalue weighted by molar-refractivity contribution is 7.14. The van der Waals surface area contributed by atoms with Crippen molar-refractivity contribution in [2.45, 2.75) is 19.4 Å². The second-order valence-corrected chi connectivity index (χ2v) is 5.90. The van der Waals surface area contributed by atoms with Gasteiger partial charge in [-0.25, -0.2) is 9.78 Å². The number of carboxylic acids is 1. The first-order valence-corrected chi connectivity index (χ1v) is 7.41. The molecule has 3 heterocycles. The van der Waals surface area contributed by atoms with Gasteiger partial charge < -0.3 is 5.11 Å². The molecule has 0 spiro atoms. The van der Waals surface area contributed by atoms with E-state index in [1.165, 1.54) is 24.2 Å². The maximum Gasteiger partial charge on any atom is 0.348 e. The minimum Gasteiger partial charge on any atom is -0.477 e. The van der Waals surface area contributed by atoms with Crippen LogP contribution >= 0.6 is 11.3 Å². The molecule has 1 N–H and O–H groups in total. The number of rotatable bonds is 4. The third-order valence-electron chi connectivity index (χ3n) is 3.36. The highest BCUT2D eigenvalue weighted by Gasteiger charge is 2.21. The molecular weight excluding hydrogens is 274 g/mol. The molecule has 0 bridgehead atoms. The molecule has 1 aliphatic rings. The van der Waals surface area contributed by atoms with Gasteiger partial charge in [-0.2, -0.15) is 0 Å². The van der Waals surface area contributed by atoms with Crippen LogP contribution in [0, 0.1) is 0 Å². The van der Waals surface area contributed by atoms with Gasteiger partial charge in [-0.3, -0.25) is 9.88 Å². The Kier molecular flexibility index (Phi) is 3.75. The molecule has 1 fully saturated rings. The zero-order valence-corrected chi connectivity index (χ0v) is 11.8. The van der Waals surface area contributed by atoms with E-state index in [0.717, 1.165) is 30.2 Å². The summed E-state index contributed by atoms with van der Waals surface area (Å²) in [6, 6.07) is 3.63. The lowest BCUT2D eigenvalue weighted by molar-refractivity contribution is 0.0702. The third-order valence-corrected chi connectivity index (χ3v) is 4.39. The summed E-state index contributed by atoms with van der Waals surface area (Å²) >= 11 is 1.27. The molecule has 2 aromatic rings. The number of thiazole rings is 1. The van der Waals surface area contributed by atoms with Gasteiger partial charge in [0.2, 0.25) is 0 Å². The Bertz CT molecular complexity index is 606. The van der Waals surface area contributed by atoms with Gasteiger partial charge in [0.15, 0.2) is 0 Å². The van der Waals surface area contributed by atoms with E-state index in [-0.39, 0.29) is 0 Å². The van der Waals surface area contributed by atoms with E-state index in [2.05, 4.69) is 14.9 Å². The summed E-state index contributed by atoms with van der Waals surface area (Å²) in [5, 5.41) is 10.2. The maximum atomic E-state index is 11.4. The number of nitrogens with zero attached hydrogens (tertiary/aromatic N) is 3. The number of hydrogen-bond donors (Lipinski definition) is 1. The lowest BCUT2D eigenvalue weighted by Crippen LogP contribution is -2.18. The molecule has 0 atom stereocenters. The van der Waals surface area contributed by atoms with Crippen molar-refractivity contribution in [1.82, 2.24) is 14.9 Å². The number of aromatic nitrogens is 2. The van der Waals surface area contributed by atoms with Crippen molar-refractivity contribution in [2.75, 3.05) is 13.1 Å². The van der Waals surface area contributed by atoms with Crippen LogP contribution in [-0.2, 0) is 6.54 Å². The van der Waals surface area contributed by atoms with Crippen molar-refractivity contribution in [3.63, 3.8) is 0 Å². The van der Waals surface area contributed by atoms with Crippen molar-refractivity contribution in [3.8, 4) is 11.3 Å². The van der Waals surface area contributed by atoms with Gasteiger partial charge in [0.25, 0.3) is 0 Å². The second-order valence-electron chi connectivity index (χ2n) is 4.82. The number of aromatic carboxylic acids is 1. The Morgan fingerprint density at radius 3 is 2.85 bits per heavy atom. The molecule has 6 heteroatoms. The van der Waals surface area contributed by atoms with Crippen LogP contribution < -0.4 is 0 Å². The Balaban J connectivity index is 1.92. The van der Waals surface area contributed by atoms with Crippen LogP contribution in [0.3, 0.4) is 0 Å². The first-order valence-electron chi connectivity index (χ1n) is 6.60. The normalized spacial score (nSPS) is 15.6. The Morgan fingerprint density at radius 1 is 1.40 bits per heavy atom. The lowest BCUT2D eigenvalue weighted by atomic mass is 10.2. The van der Waals surface area contributed by atoms with Crippen molar-refractivity contribution in [3.05, 3.63) is 34.4 Å². The van der Waals surface area contributed by atoms with Crippen LogP contribution in [0.1, 0.15) is 27.5 Å². The van der Waals surface area contributed by atoms with Gasteiger partial charge in [0, 0.05) is 18.0 Å². The molecule has 0 unspecified atom stereocenters. The van der Waals surface area contributed by atoms with Gasteiger partial charge in [0.05, 0.1) is 12.2 Å². The predicted molar refractivity (Wildman–Crippen MR) is 76.8 cm³/mol. The molecule has 5 nitrogen and oxygen atoms in total. The fourth-order valence-electron chi connectivity index (χ4n) is 2.41. The van der Waals surface area contributed by atoms with Gasteiger partial charge in [-0.05, 0) is 38.1 Å². The Labute approximate surface area is 120 Å². The minimum atomic E-state index is -0.922. The van der Waals surface area contributed by atoms with E-state index in [0.29, 0.717) is 10.6 Å². The quantitative estimate of drug-likeness (QED) is 0.936.